The average molecular weight is 208 g/mol. The Bertz CT molecular complexity index is 142. The zero-order valence-electron chi connectivity index (χ0n) is 8.31. The minimum atomic E-state index is -0.0525. The van der Waals surface area contributed by atoms with Gasteiger partial charge < -0.3 is 10.1 Å². The molecule has 0 aromatic rings. The predicted molar refractivity (Wildman–Crippen MR) is 54.0 cm³/mol. The van der Waals surface area contributed by atoms with Gasteiger partial charge in [0.2, 0.25) is 5.91 Å². The van der Waals surface area contributed by atoms with Crippen LogP contribution in [0.15, 0.2) is 0 Å². The summed E-state index contributed by atoms with van der Waals surface area (Å²) in [5, 5.41) is 2.78. The summed E-state index contributed by atoms with van der Waals surface area (Å²) < 4.78 is 4.95. The zero-order valence-corrected chi connectivity index (χ0v) is 9.06. The van der Waals surface area contributed by atoms with Crippen molar-refractivity contribution in [3.05, 3.63) is 0 Å². The Hall–Kier alpha value is -0.280. The van der Waals surface area contributed by atoms with E-state index in [1.54, 1.807) is 0 Å². The number of amides is 1. The molecule has 0 aliphatic heterocycles. The molecule has 0 aliphatic rings. The second-order valence-electron chi connectivity index (χ2n) is 3.02. The third-order valence-corrected chi connectivity index (χ3v) is 1.91. The predicted octanol–water partition coefficient (Wildman–Crippen LogP) is 1.40. The van der Waals surface area contributed by atoms with Crippen LogP contribution in [0.2, 0.25) is 0 Å². The Balaban J connectivity index is 3.34. The van der Waals surface area contributed by atoms with E-state index in [1.807, 2.05) is 6.92 Å². The van der Waals surface area contributed by atoms with Crippen molar-refractivity contribution in [3.8, 4) is 0 Å². The third-order valence-electron chi connectivity index (χ3n) is 1.69. The lowest BCUT2D eigenvalue weighted by Crippen LogP contribution is -2.31. The van der Waals surface area contributed by atoms with Gasteiger partial charge in [-0.1, -0.05) is 6.92 Å². The van der Waals surface area contributed by atoms with Gasteiger partial charge in [-0.3, -0.25) is 4.79 Å². The molecular formula is C9H18ClNO2. The fraction of sp³-hybridized carbons (Fsp3) is 0.889. The van der Waals surface area contributed by atoms with Crippen LogP contribution in [0.5, 0.6) is 0 Å². The number of carbonyl (C=O) groups excluding carboxylic acids is 1. The largest absolute Gasteiger partial charge is 0.372 e. The van der Waals surface area contributed by atoms with Crippen molar-refractivity contribution in [1.29, 1.82) is 0 Å². The molecule has 1 unspecified atom stereocenters. The quantitative estimate of drug-likeness (QED) is 0.641. The summed E-state index contributed by atoms with van der Waals surface area (Å²) in [6, 6.07) is 0. The van der Waals surface area contributed by atoms with Gasteiger partial charge in [0.25, 0.3) is 0 Å². The van der Waals surface area contributed by atoms with Gasteiger partial charge >= 0.3 is 0 Å². The molecule has 0 bridgehead atoms. The number of rotatable bonds is 7. The van der Waals surface area contributed by atoms with Crippen LogP contribution in [0.4, 0.5) is 0 Å². The fourth-order valence-corrected chi connectivity index (χ4v) is 1.19. The standard InChI is InChI=1S/C9H18ClNO2/c1-3-13-7-9(12)11-6-8(2)4-5-10/h8H,3-7H2,1-2H3,(H,11,12). The molecule has 0 aromatic carbocycles. The Kier molecular flexibility index (Phi) is 8.14. The van der Waals surface area contributed by atoms with Gasteiger partial charge in [0.15, 0.2) is 0 Å². The molecule has 0 spiro atoms. The molecule has 0 rings (SSSR count). The zero-order chi connectivity index (χ0) is 10.1. The summed E-state index contributed by atoms with van der Waals surface area (Å²) in [6.07, 6.45) is 0.927. The lowest BCUT2D eigenvalue weighted by atomic mass is 10.1. The molecular weight excluding hydrogens is 190 g/mol. The summed E-state index contributed by atoms with van der Waals surface area (Å²) >= 11 is 5.56. The molecule has 0 radical (unpaired) electrons. The van der Waals surface area contributed by atoms with E-state index in [1.165, 1.54) is 0 Å². The van der Waals surface area contributed by atoms with Crippen molar-refractivity contribution in [2.45, 2.75) is 20.3 Å². The second kappa shape index (κ2) is 8.32. The van der Waals surface area contributed by atoms with Crippen LogP contribution in [0.3, 0.4) is 0 Å². The normalized spacial score (nSPS) is 12.5. The van der Waals surface area contributed by atoms with Crippen molar-refractivity contribution in [1.82, 2.24) is 5.32 Å². The van der Waals surface area contributed by atoms with Crippen LogP contribution in [-0.4, -0.2) is 31.5 Å². The van der Waals surface area contributed by atoms with Gasteiger partial charge in [-0.25, -0.2) is 0 Å². The number of carbonyl (C=O) groups is 1. The molecule has 0 fully saturated rings. The highest BCUT2D eigenvalue weighted by Gasteiger charge is 2.04. The number of alkyl halides is 1. The number of nitrogens with one attached hydrogen (secondary N) is 1. The fourth-order valence-electron chi connectivity index (χ4n) is 0.822. The van der Waals surface area contributed by atoms with E-state index >= 15 is 0 Å². The van der Waals surface area contributed by atoms with Crippen molar-refractivity contribution < 1.29 is 9.53 Å². The maximum Gasteiger partial charge on any atom is 0.246 e. The van der Waals surface area contributed by atoms with Crippen LogP contribution in [0, 0.1) is 5.92 Å². The summed E-state index contributed by atoms with van der Waals surface area (Å²) in [5.74, 6) is 1.02. The van der Waals surface area contributed by atoms with Crippen LogP contribution in [0.1, 0.15) is 20.3 Å². The van der Waals surface area contributed by atoms with Gasteiger partial charge in [-0.2, -0.15) is 0 Å². The summed E-state index contributed by atoms with van der Waals surface area (Å²) in [6.45, 7) is 5.33. The second-order valence-corrected chi connectivity index (χ2v) is 3.40. The van der Waals surface area contributed by atoms with E-state index in [9.17, 15) is 4.79 Å². The summed E-state index contributed by atoms with van der Waals surface area (Å²) in [7, 11) is 0. The Morgan fingerprint density at radius 2 is 2.31 bits per heavy atom. The van der Waals surface area contributed by atoms with Crippen LogP contribution in [0.25, 0.3) is 0 Å². The first-order valence-corrected chi connectivity index (χ1v) is 5.14. The van der Waals surface area contributed by atoms with E-state index < -0.39 is 0 Å². The van der Waals surface area contributed by atoms with Gasteiger partial charge in [-0.15, -0.1) is 11.6 Å². The van der Waals surface area contributed by atoms with E-state index in [0.717, 1.165) is 6.42 Å². The molecule has 1 amide bonds. The Morgan fingerprint density at radius 3 is 2.85 bits per heavy atom. The first kappa shape index (κ1) is 12.7. The maximum absolute atomic E-state index is 11.0. The van der Waals surface area contributed by atoms with E-state index in [2.05, 4.69) is 12.2 Å². The number of hydrogen-bond donors (Lipinski definition) is 1. The summed E-state index contributed by atoms with van der Waals surface area (Å²) in [5.41, 5.74) is 0. The number of ether oxygens (including phenoxy) is 1. The van der Waals surface area contributed by atoms with Crippen LogP contribution < -0.4 is 5.32 Å². The highest BCUT2D eigenvalue weighted by Crippen LogP contribution is 2.00. The molecule has 1 N–H and O–H groups in total. The number of halogens is 1. The topological polar surface area (TPSA) is 38.3 Å². The monoisotopic (exact) mass is 207 g/mol. The van der Waals surface area contributed by atoms with Crippen molar-refractivity contribution in [3.63, 3.8) is 0 Å². The molecule has 1 atom stereocenters. The van der Waals surface area contributed by atoms with Gasteiger partial charge in [-0.05, 0) is 19.3 Å². The van der Waals surface area contributed by atoms with Crippen molar-refractivity contribution in [2.75, 3.05) is 25.6 Å². The van der Waals surface area contributed by atoms with E-state index in [0.29, 0.717) is 24.9 Å². The number of hydrogen-bond acceptors (Lipinski definition) is 2. The molecule has 0 saturated heterocycles. The summed E-state index contributed by atoms with van der Waals surface area (Å²) in [4.78, 5) is 11.0. The Labute approximate surface area is 84.8 Å². The highest BCUT2D eigenvalue weighted by molar-refractivity contribution is 6.17. The lowest BCUT2D eigenvalue weighted by molar-refractivity contribution is -0.125. The molecule has 0 heterocycles. The minimum Gasteiger partial charge on any atom is -0.372 e. The molecule has 3 nitrogen and oxygen atoms in total. The third kappa shape index (κ3) is 8.06. The van der Waals surface area contributed by atoms with Crippen LogP contribution in [-0.2, 0) is 9.53 Å². The average Bonchev–Trinajstić information content (AvgIpc) is 2.12. The minimum absolute atomic E-state index is 0.0525. The lowest BCUT2D eigenvalue weighted by Gasteiger charge is -2.10. The van der Waals surface area contributed by atoms with Crippen LogP contribution >= 0.6 is 11.6 Å². The van der Waals surface area contributed by atoms with Gasteiger partial charge in [0.1, 0.15) is 6.61 Å². The smallest absolute Gasteiger partial charge is 0.246 e. The SMILES string of the molecule is CCOCC(=O)NCC(C)CCCl. The Morgan fingerprint density at radius 1 is 1.62 bits per heavy atom. The van der Waals surface area contributed by atoms with Gasteiger partial charge in [0.05, 0.1) is 0 Å². The molecule has 0 aromatic heterocycles. The molecule has 0 saturated carbocycles. The van der Waals surface area contributed by atoms with Gasteiger partial charge in [0, 0.05) is 19.0 Å². The van der Waals surface area contributed by atoms with E-state index in [4.69, 9.17) is 16.3 Å². The van der Waals surface area contributed by atoms with Crippen molar-refractivity contribution >= 4 is 17.5 Å². The molecule has 0 aliphatic carbocycles. The highest BCUT2D eigenvalue weighted by atomic mass is 35.5. The van der Waals surface area contributed by atoms with E-state index in [-0.39, 0.29) is 12.5 Å². The van der Waals surface area contributed by atoms with Crippen molar-refractivity contribution in [2.24, 2.45) is 5.92 Å². The molecule has 4 heteroatoms. The first-order valence-electron chi connectivity index (χ1n) is 4.61. The molecule has 78 valence electrons. The maximum atomic E-state index is 11.0. The molecule has 13 heavy (non-hydrogen) atoms. The first-order chi connectivity index (χ1) is 6.20.